The summed E-state index contributed by atoms with van der Waals surface area (Å²) in [6, 6.07) is 10.5. The lowest BCUT2D eigenvalue weighted by molar-refractivity contribution is -0.118. The average molecular weight is 511 g/mol. The molecule has 0 saturated carbocycles. The lowest BCUT2D eigenvalue weighted by Gasteiger charge is -2.28. The highest BCUT2D eigenvalue weighted by Crippen LogP contribution is 2.22. The standard InChI is InChI=1S/C27H28ClFN4O3/c1-33-12-9-18(10-13-33)16-31-27(36)25-22(8-11-30-25)26(35)32-20-5-2-17(3-6-20)14-24(34)21-7-4-19(29)15-23(21)28/h2-7,11,15,18H,8-10,12-14,16H2,1H3,(H,31,36)(H,32,35). The Bertz CT molecular complexity index is 1220. The maximum absolute atomic E-state index is 13.2. The van der Waals surface area contributed by atoms with Crippen molar-refractivity contribution in [3.8, 4) is 0 Å². The van der Waals surface area contributed by atoms with Crippen molar-refractivity contribution >= 4 is 41.1 Å². The van der Waals surface area contributed by atoms with Gasteiger partial charge < -0.3 is 15.5 Å². The Labute approximate surface area is 214 Å². The van der Waals surface area contributed by atoms with Gasteiger partial charge in [0.2, 0.25) is 0 Å². The van der Waals surface area contributed by atoms with Crippen LogP contribution in [0.5, 0.6) is 0 Å². The zero-order chi connectivity index (χ0) is 25.7. The maximum Gasteiger partial charge on any atom is 0.270 e. The summed E-state index contributed by atoms with van der Waals surface area (Å²) in [6.07, 6.45) is 4.00. The first-order chi connectivity index (χ1) is 17.3. The summed E-state index contributed by atoms with van der Waals surface area (Å²) in [7, 11) is 2.09. The highest BCUT2D eigenvalue weighted by atomic mass is 35.5. The number of ketones is 1. The molecule has 2 amide bonds. The van der Waals surface area contributed by atoms with Crippen LogP contribution in [-0.2, 0) is 16.0 Å². The molecule has 1 saturated heterocycles. The van der Waals surface area contributed by atoms with Crippen molar-refractivity contribution in [2.24, 2.45) is 10.9 Å². The largest absolute Gasteiger partial charge is 0.350 e. The molecule has 188 valence electrons. The van der Waals surface area contributed by atoms with Gasteiger partial charge in [-0.1, -0.05) is 23.7 Å². The van der Waals surface area contributed by atoms with Crippen LogP contribution in [0.15, 0.2) is 58.7 Å². The predicted octanol–water partition coefficient (Wildman–Crippen LogP) is 4.03. The van der Waals surface area contributed by atoms with Gasteiger partial charge in [0.1, 0.15) is 11.5 Å². The number of rotatable bonds is 8. The third-order valence-electron chi connectivity index (χ3n) is 6.49. The van der Waals surface area contributed by atoms with Crippen molar-refractivity contribution in [1.82, 2.24) is 10.2 Å². The monoisotopic (exact) mass is 510 g/mol. The molecular formula is C27H28ClFN4O3. The number of aliphatic imine (C=N–C) groups is 1. The molecule has 2 aliphatic rings. The van der Waals surface area contributed by atoms with Crippen LogP contribution in [0, 0.1) is 11.7 Å². The number of carbonyl (C=O) groups excluding carboxylic acids is 3. The molecule has 0 bridgehead atoms. The van der Waals surface area contributed by atoms with E-state index in [-0.39, 0.29) is 46.7 Å². The van der Waals surface area contributed by atoms with Crippen LogP contribution >= 0.6 is 11.6 Å². The van der Waals surface area contributed by atoms with Crippen LogP contribution in [-0.4, -0.2) is 55.4 Å². The second kappa shape index (κ2) is 11.6. The summed E-state index contributed by atoms with van der Waals surface area (Å²) >= 11 is 5.98. The second-order valence-corrected chi connectivity index (χ2v) is 9.58. The lowest BCUT2D eigenvalue weighted by atomic mass is 9.97. The van der Waals surface area contributed by atoms with E-state index in [1.54, 1.807) is 30.5 Å². The zero-order valence-corrected chi connectivity index (χ0v) is 20.8. The first-order valence-electron chi connectivity index (χ1n) is 11.9. The molecule has 2 N–H and O–H groups in total. The first-order valence-corrected chi connectivity index (χ1v) is 12.3. The number of Topliss-reactive ketones (excluding diaryl/α,β-unsaturated/α-hetero) is 1. The van der Waals surface area contributed by atoms with Gasteiger partial charge in [0, 0.05) is 36.9 Å². The molecule has 7 nitrogen and oxygen atoms in total. The minimum Gasteiger partial charge on any atom is -0.350 e. The van der Waals surface area contributed by atoms with Crippen LogP contribution in [0.4, 0.5) is 10.1 Å². The predicted molar refractivity (Wildman–Crippen MR) is 138 cm³/mol. The fourth-order valence-corrected chi connectivity index (χ4v) is 4.57. The third kappa shape index (κ3) is 6.44. The Hall–Kier alpha value is -3.36. The molecule has 2 aliphatic heterocycles. The quantitative estimate of drug-likeness (QED) is 0.525. The Morgan fingerprint density at radius 3 is 2.50 bits per heavy atom. The van der Waals surface area contributed by atoms with Gasteiger partial charge in [-0.15, -0.1) is 0 Å². The topological polar surface area (TPSA) is 90.9 Å². The summed E-state index contributed by atoms with van der Waals surface area (Å²) in [5, 5.41) is 5.80. The number of carbonyl (C=O) groups is 3. The van der Waals surface area contributed by atoms with E-state index < -0.39 is 5.82 Å². The number of nitrogens with one attached hydrogen (secondary N) is 2. The van der Waals surface area contributed by atoms with Gasteiger partial charge in [0.05, 0.1) is 10.6 Å². The molecule has 36 heavy (non-hydrogen) atoms. The van der Waals surface area contributed by atoms with Crippen LogP contribution < -0.4 is 10.6 Å². The molecule has 0 unspecified atom stereocenters. The van der Waals surface area contributed by atoms with Crippen LogP contribution in [0.25, 0.3) is 0 Å². The summed E-state index contributed by atoms with van der Waals surface area (Å²) in [4.78, 5) is 44.5. The third-order valence-corrected chi connectivity index (χ3v) is 6.80. The number of nitrogens with zero attached hydrogens (tertiary/aromatic N) is 2. The zero-order valence-electron chi connectivity index (χ0n) is 20.0. The minimum absolute atomic E-state index is 0.0714. The Balaban J connectivity index is 1.33. The van der Waals surface area contributed by atoms with Gasteiger partial charge in [-0.3, -0.25) is 19.4 Å². The minimum atomic E-state index is -0.502. The number of benzene rings is 2. The average Bonchev–Trinajstić information content (AvgIpc) is 3.35. The van der Waals surface area contributed by atoms with E-state index in [9.17, 15) is 18.8 Å². The number of halogens is 2. The van der Waals surface area contributed by atoms with Crippen molar-refractivity contribution in [1.29, 1.82) is 0 Å². The molecule has 9 heteroatoms. The van der Waals surface area contributed by atoms with E-state index >= 15 is 0 Å². The van der Waals surface area contributed by atoms with Crippen molar-refractivity contribution in [3.05, 3.63) is 75.7 Å². The van der Waals surface area contributed by atoms with Gasteiger partial charge in [0.15, 0.2) is 5.78 Å². The van der Waals surface area contributed by atoms with Crippen molar-refractivity contribution in [2.75, 3.05) is 32.0 Å². The van der Waals surface area contributed by atoms with Crippen LogP contribution in [0.1, 0.15) is 35.2 Å². The van der Waals surface area contributed by atoms with Crippen molar-refractivity contribution in [2.45, 2.75) is 25.7 Å². The van der Waals surface area contributed by atoms with Crippen LogP contribution in [0.2, 0.25) is 5.02 Å². The van der Waals surface area contributed by atoms with Gasteiger partial charge >= 0.3 is 0 Å². The molecular weight excluding hydrogens is 483 g/mol. The van der Waals surface area contributed by atoms with Crippen LogP contribution in [0.3, 0.4) is 0 Å². The SMILES string of the molecule is CN1CCC(CNC(=O)C2=C(C(=O)Nc3ccc(CC(=O)c4ccc(F)cc4Cl)cc3)CC=N2)CC1. The highest BCUT2D eigenvalue weighted by molar-refractivity contribution is 6.34. The van der Waals surface area contributed by atoms with E-state index in [2.05, 4.69) is 27.6 Å². The van der Waals surface area contributed by atoms with E-state index in [0.717, 1.165) is 37.6 Å². The molecule has 0 radical (unpaired) electrons. The molecule has 2 aromatic rings. The van der Waals surface area contributed by atoms with Gasteiger partial charge in [-0.25, -0.2) is 4.39 Å². The molecule has 2 aromatic carbocycles. The number of hydrogen-bond acceptors (Lipinski definition) is 5. The number of hydrogen-bond donors (Lipinski definition) is 2. The van der Waals surface area contributed by atoms with Gasteiger partial charge in [0.25, 0.3) is 11.8 Å². The molecule has 0 atom stereocenters. The summed E-state index contributed by atoms with van der Waals surface area (Å²) in [5.74, 6) is -1.03. The number of piperidine rings is 1. The molecule has 2 heterocycles. The molecule has 1 fully saturated rings. The Kier molecular flexibility index (Phi) is 8.28. The number of anilines is 1. The number of amides is 2. The first kappa shape index (κ1) is 25.7. The lowest BCUT2D eigenvalue weighted by Crippen LogP contribution is -2.37. The normalized spacial score (nSPS) is 16.3. The van der Waals surface area contributed by atoms with Crippen molar-refractivity contribution in [3.63, 3.8) is 0 Å². The summed E-state index contributed by atoms with van der Waals surface area (Å²) < 4.78 is 13.2. The van der Waals surface area contributed by atoms with E-state index in [4.69, 9.17) is 11.6 Å². The van der Waals surface area contributed by atoms with E-state index in [0.29, 0.717) is 23.7 Å². The highest BCUT2D eigenvalue weighted by Gasteiger charge is 2.25. The number of likely N-dealkylation sites (tertiary alicyclic amines) is 1. The van der Waals surface area contributed by atoms with E-state index in [1.165, 1.54) is 12.1 Å². The smallest absolute Gasteiger partial charge is 0.270 e. The van der Waals surface area contributed by atoms with Gasteiger partial charge in [-0.2, -0.15) is 0 Å². The molecule has 0 aliphatic carbocycles. The molecule has 0 spiro atoms. The van der Waals surface area contributed by atoms with E-state index in [1.807, 2.05) is 0 Å². The summed E-state index contributed by atoms with van der Waals surface area (Å²) in [6.45, 7) is 2.61. The summed E-state index contributed by atoms with van der Waals surface area (Å²) in [5.41, 5.74) is 1.97. The molecule has 0 aromatic heterocycles. The Morgan fingerprint density at radius 1 is 1.08 bits per heavy atom. The maximum atomic E-state index is 13.2. The van der Waals surface area contributed by atoms with Crippen molar-refractivity contribution < 1.29 is 18.8 Å². The molecule has 4 rings (SSSR count). The van der Waals surface area contributed by atoms with Gasteiger partial charge in [-0.05, 0) is 74.8 Å². The fraction of sp³-hybridized carbons (Fsp3) is 0.333. The second-order valence-electron chi connectivity index (χ2n) is 9.17. The fourth-order valence-electron chi connectivity index (χ4n) is 4.29. The Morgan fingerprint density at radius 2 is 1.81 bits per heavy atom.